The second-order valence-corrected chi connectivity index (χ2v) is 4.12. The molecule has 20 heavy (non-hydrogen) atoms. The summed E-state index contributed by atoms with van der Waals surface area (Å²) < 4.78 is 9.78. The molecule has 0 heterocycles. The first-order chi connectivity index (χ1) is 9.35. The Morgan fingerprint density at radius 2 is 1.70 bits per heavy atom. The normalized spacial score (nSPS) is 11.3. The van der Waals surface area contributed by atoms with E-state index in [0.717, 1.165) is 5.37 Å². The van der Waals surface area contributed by atoms with E-state index in [1.54, 1.807) is 0 Å². The number of hydrogen-bond acceptors (Lipinski definition) is 6. The van der Waals surface area contributed by atoms with Gasteiger partial charge >= 0.3 is 17.9 Å². The molecule has 0 spiro atoms. The number of thiocarbonyl (C=S) groups is 1. The summed E-state index contributed by atoms with van der Waals surface area (Å²) >= 11 is 4.67. The number of hydrogen-bond donors (Lipinski definition) is 1. The summed E-state index contributed by atoms with van der Waals surface area (Å²) in [6.07, 6.45) is 0. The number of carbonyl (C=O) groups is 3. The predicted octanol–water partition coefficient (Wildman–Crippen LogP) is 1.71. The molecule has 1 aromatic rings. The first-order valence-electron chi connectivity index (χ1n) is 5.54. The molecule has 1 N–H and O–H groups in total. The third kappa shape index (κ3) is 4.13. The summed E-state index contributed by atoms with van der Waals surface area (Å²) in [6, 6.07) is 4.10. The molecule has 0 aliphatic rings. The molecule has 0 fully saturated rings. The molecule has 7 heteroatoms. The first-order valence-corrected chi connectivity index (χ1v) is 6.01. The summed E-state index contributed by atoms with van der Waals surface area (Å²) in [6.45, 7) is 2.38. The van der Waals surface area contributed by atoms with Crippen molar-refractivity contribution in [3.8, 4) is 11.5 Å². The largest absolute Gasteiger partial charge is 0.481 e. The molecular weight excluding hydrogens is 284 g/mol. The van der Waals surface area contributed by atoms with E-state index in [2.05, 4.69) is 12.2 Å². The Labute approximate surface area is 120 Å². The second kappa shape index (κ2) is 6.76. The van der Waals surface area contributed by atoms with E-state index < -0.39 is 23.8 Å². The lowest BCUT2D eigenvalue weighted by atomic mass is 10.0. The highest BCUT2D eigenvalue weighted by Gasteiger charge is 2.20. The van der Waals surface area contributed by atoms with Crippen LogP contribution in [-0.4, -0.2) is 28.4 Å². The number of carbonyl (C=O) groups excluding carboxylic acids is 2. The van der Waals surface area contributed by atoms with Crippen molar-refractivity contribution in [1.29, 1.82) is 0 Å². The Kier molecular flexibility index (Phi) is 5.33. The number of esters is 2. The molecule has 106 valence electrons. The van der Waals surface area contributed by atoms with Gasteiger partial charge in [-0.15, -0.1) is 0 Å². The first kappa shape index (κ1) is 15.8. The molecule has 1 rings (SSSR count). The Hall–Kier alpha value is -2.28. The van der Waals surface area contributed by atoms with Crippen LogP contribution in [0.25, 0.3) is 0 Å². The zero-order valence-corrected chi connectivity index (χ0v) is 11.6. The number of benzene rings is 1. The average molecular weight is 296 g/mol. The van der Waals surface area contributed by atoms with Crippen LogP contribution in [0.1, 0.15) is 25.3 Å². The number of ether oxygens (including phenoxy) is 2. The van der Waals surface area contributed by atoms with Gasteiger partial charge in [0.05, 0.1) is 0 Å². The van der Waals surface area contributed by atoms with Gasteiger partial charge in [-0.05, 0) is 23.1 Å². The lowest BCUT2D eigenvalue weighted by molar-refractivity contribution is -0.137. The maximum atomic E-state index is 11.0. The zero-order valence-electron chi connectivity index (χ0n) is 10.8. The van der Waals surface area contributed by atoms with Gasteiger partial charge in [0.15, 0.2) is 11.5 Å². The molecule has 1 aromatic carbocycles. The van der Waals surface area contributed by atoms with Gasteiger partial charge in [-0.3, -0.25) is 14.4 Å². The second-order valence-electron chi connectivity index (χ2n) is 3.85. The molecule has 0 saturated carbocycles. The van der Waals surface area contributed by atoms with Gasteiger partial charge in [0, 0.05) is 13.8 Å². The van der Waals surface area contributed by atoms with Gasteiger partial charge in [-0.2, -0.15) is 0 Å². The van der Waals surface area contributed by atoms with Crippen LogP contribution in [0.15, 0.2) is 18.2 Å². The van der Waals surface area contributed by atoms with Crippen molar-refractivity contribution in [1.82, 2.24) is 0 Å². The van der Waals surface area contributed by atoms with Crippen LogP contribution >= 0.6 is 12.2 Å². The maximum absolute atomic E-state index is 11.0. The lowest BCUT2D eigenvalue weighted by Crippen LogP contribution is -2.13. The van der Waals surface area contributed by atoms with E-state index in [1.807, 2.05) is 0 Å². The van der Waals surface area contributed by atoms with E-state index in [-0.39, 0.29) is 11.5 Å². The summed E-state index contributed by atoms with van der Waals surface area (Å²) in [7, 11) is 0. The summed E-state index contributed by atoms with van der Waals surface area (Å²) in [4.78, 5) is 33.0. The third-order valence-corrected chi connectivity index (χ3v) is 2.51. The molecule has 0 radical (unpaired) electrons. The highest BCUT2D eigenvalue weighted by atomic mass is 32.1. The molecule has 0 amide bonds. The number of rotatable bonds is 5. The minimum atomic E-state index is -1.13. The van der Waals surface area contributed by atoms with Crippen molar-refractivity contribution in [3.05, 3.63) is 23.8 Å². The smallest absolute Gasteiger partial charge is 0.315 e. The summed E-state index contributed by atoms with van der Waals surface area (Å²) in [5, 5.41) is 10.1. The van der Waals surface area contributed by atoms with Gasteiger partial charge < -0.3 is 14.6 Å². The molecule has 0 saturated heterocycles. The molecule has 0 aromatic heterocycles. The Bertz CT molecular complexity index is 566. The molecular formula is C13H12O6S. The van der Waals surface area contributed by atoms with Crippen molar-refractivity contribution < 1.29 is 29.0 Å². The molecule has 0 aliphatic carbocycles. The molecule has 6 nitrogen and oxygen atoms in total. The van der Waals surface area contributed by atoms with E-state index in [4.69, 9.17) is 14.6 Å². The van der Waals surface area contributed by atoms with Crippen LogP contribution in [-0.2, 0) is 14.4 Å². The van der Waals surface area contributed by atoms with Gasteiger partial charge in [0.1, 0.15) is 5.92 Å². The highest BCUT2D eigenvalue weighted by Crippen LogP contribution is 2.31. The average Bonchev–Trinajstić information content (AvgIpc) is 2.31. The van der Waals surface area contributed by atoms with E-state index >= 15 is 0 Å². The van der Waals surface area contributed by atoms with Crippen LogP contribution in [0.5, 0.6) is 11.5 Å². The SMILES string of the molecule is CC(=O)Oc1ccc(C(C=S)C(=O)O)cc1OC(C)=O. The quantitative estimate of drug-likeness (QED) is 0.502. The van der Waals surface area contributed by atoms with E-state index in [9.17, 15) is 14.4 Å². The molecule has 0 aliphatic heterocycles. The van der Waals surface area contributed by atoms with Crippen molar-refractivity contribution in [3.63, 3.8) is 0 Å². The van der Waals surface area contributed by atoms with E-state index in [1.165, 1.54) is 32.0 Å². The molecule has 0 bridgehead atoms. The monoisotopic (exact) mass is 296 g/mol. The Morgan fingerprint density at radius 1 is 1.15 bits per heavy atom. The van der Waals surface area contributed by atoms with Crippen molar-refractivity contribution in [2.24, 2.45) is 0 Å². The van der Waals surface area contributed by atoms with Gasteiger partial charge in [-0.25, -0.2) is 0 Å². The zero-order chi connectivity index (χ0) is 15.3. The van der Waals surface area contributed by atoms with Gasteiger partial charge in [0.25, 0.3) is 0 Å². The third-order valence-electron chi connectivity index (χ3n) is 2.24. The van der Waals surface area contributed by atoms with Crippen LogP contribution in [0.3, 0.4) is 0 Å². The van der Waals surface area contributed by atoms with Crippen molar-refractivity contribution in [2.75, 3.05) is 0 Å². The Morgan fingerprint density at radius 3 is 2.15 bits per heavy atom. The lowest BCUT2D eigenvalue weighted by Gasteiger charge is -2.12. The number of aliphatic carboxylic acids is 1. The van der Waals surface area contributed by atoms with Crippen molar-refractivity contribution in [2.45, 2.75) is 19.8 Å². The van der Waals surface area contributed by atoms with Crippen LogP contribution in [0.2, 0.25) is 0 Å². The van der Waals surface area contributed by atoms with Crippen LogP contribution < -0.4 is 9.47 Å². The Balaban J connectivity index is 3.25. The minimum absolute atomic E-state index is 0.0324. The van der Waals surface area contributed by atoms with Gasteiger partial charge in [-0.1, -0.05) is 18.3 Å². The van der Waals surface area contributed by atoms with E-state index in [0.29, 0.717) is 5.56 Å². The number of carboxylic acids is 1. The van der Waals surface area contributed by atoms with Crippen LogP contribution in [0.4, 0.5) is 0 Å². The maximum Gasteiger partial charge on any atom is 0.315 e. The highest BCUT2D eigenvalue weighted by molar-refractivity contribution is 7.79. The fourth-order valence-corrected chi connectivity index (χ4v) is 1.74. The summed E-state index contributed by atoms with van der Waals surface area (Å²) in [5.74, 6) is -3.36. The fraction of sp³-hybridized carbons (Fsp3) is 0.231. The standard InChI is InChI=1S/C13H12O6S/c1-7(14)18-11-4-3-9(10(6-20)13(16)17)5-12(11)19-8(2)15/h3-6,10H,1-2H3,(H,16,17). The van der Waals surface area contributed by atoms with Crippen LogP contribution in [0, 0.1) is 0 Å². The van der Waals surface area contributed by atoms with Crippen molar-refractivity contribution >= 4 is 35.5 Å². The molecule has 1 atom stereocenters. The predicted molar refractivity (Wildman–Crippen MR) is 73.1 cm³/mol. The molecule has 1 unspecified atom stereocenters. The number of carboxylic acid groups (broad SMARTS) is 1. The van der Waals surface area contributed by atoms with Gasteiger partial charge in [0.2, 0.25) is 0 Å². The summed E-state index contributed by atoms with van der Waals surface area (Å²) in [5.41, 5.74) is 0.319. The topological polar surface area (TPSA) is 89.9 Å². The fourth-order valence-electron chi connectivity index (χ4n) is 1.47. The minimum Gasteiger partial charge on any atom is -0.481 e.